The lowest BCUT2D eigenvalue weighted by atomic mass is 10.2. The molecule has 1 aromatic carbocycles. The van der Waals surface area contributed by atoms with Gasteiger partial charge in [-0.3, -0.25) is 4.68 Å². The van der Waals surface area contributed by atoms with Crippen LogP contribution >= 0.6 is 0 Å². The van der Waals surface area contributed by atoms with Gasteiger partial charge >= 0.3 is 0 Å². The number of benzene rings is 1. The van der Waals surface area contributed by atoms with Crippen LogP contribution in [0.4, 0.5) is 0 Å². The molecule has 0 spiro atoms. The van der Waals surface area contributed by atoms with Crippen LogP contribution in [0.1, 0.15) is 25.3 Å². The van der Waals surface area contributed by atoms with Crippen molar-refractivity contribution in [3.8, 4) is 0 Å². The molecule has 1 atom stereocenters. The molecular formula is C15H21N3O3S. The molecule has 0 fully saturated rings. The highest BCUT2D eigenvalue weighted by Crippen LogP contribution is 2.11. The fraction of sp³-hybridized carbons (Fsp3) is 0.400. The maximum atomic E-state index is 12.3. The summed E-state index contributed by atoms with van der Waals surface area (Å²) in [4.78, 5) is 0.139. The predicted octanol–water partition coefficient (Wildman–Crippen LogP) is 1.37. The van der Waals surface area contributed by atoms with Gasteiger partial charge in [-0.25, -0.2) is 13.1 Å². The Bertz CT molecular complexity index is 683. The molecule has 0 aliphatic rings. The van der Waals surface area contributed by atoms with Crippen LogP contribution in [0.3, 0.4) is 0 Å². The maximum absolute atomic E-state index is 12.3. The molecule has 2 aromatic rings. The fourth-order valence-electron chi connectivity index (χ4n) is 2.13. The standard InChI is InChI=1S/C15H21N3O3S/c1-2-14(8-9-19)17-22(20,21)15-10-16-18(12-15)11-13-6-4-3-5-7-13/h3-7,10,12,14,17,19H,2,8-9,11H2,1H3. The monoisotopic (exact) mass is 323 g/mol. The molecule has 1 heterocycles. The molecule has 0 aliphatic carbocycles. The zero-order valence-corrected chi connectivity index (χ0v) is 13.3. The number of sulfonamides is 1. The Morgan fingerprint density at radius 2 is 2.05 bits per heavy atom. The second kappa shape index (κ2) is 7.53. The molecule has 6 nitrogen and oxygen atoms in total. The summed E-state index contributed by atoms with van der Waals surface area (Å²) >= 11 is 0. The van der Waals surface area contributed by atoms with Gasteiger partial charge < -0.3 is 5.11 Å². The average molecular weight is 323 g/mol. The Kier molecular flexibility index (Phi) is 5.70. The molecule has 7 heteroatoms. The van der Waals surface area contributed by atoms with Gasteiger partial charge in [-0.15, -0.1) is 0 Å². The SMILES string of the molecule is CCC(CCO)NS(=O)(=O)c1cnn(Cc2ccccc2)c1. The molecule has 120 valence electrons. The number of hydrogen-bond donors (Lipinski definition) is 2. The molecule has 0 amide bonds. The Labute approximate surface area is 130 Å². The molecule has 2 N–H and O–H groups in total. The van der Waals surface area contributed by atoms with Crippen molar-refractivity contribution in [1.82, 2.24) is 14.5 Å². The van der Waals surface area contributed by atoms with Crippen molar-refractivity contribution in [2.24, 2.45) is 0 Å². The van der Waals surface area contributed by atoms with Gasteiger partial charge in [0.2, 0.25) is 10.0 Å². The molecule has 0 saturated heterocycles. The molecule has 0 radical (unpaired) electrons. The van der Waals surface area contributed by atoms with Crippen molar-refractivity contribution in [3.05, 3.63) is 48.3 Å². The highest BCUT2D eigenvalue weighted by atomic mass is 32.2. The first-order valence-electron chi connectivity index (χ1n) is 7.24. The summed E-state index contributed by atoms with van der Waals surface area (Å²) in [6.45, 7) is 2.35. The first kappa shape index (κ1) is 16.7. The van der Waals surface area contributed by atoms with E-state index in [9.17, 15) is 8.42 Å². The summed E-state index contributed by atoms with van der Waals surface area (Å²) in [5.74, 6) is 0. The van der Waals surface area contributed by atoms with Crippen molar-refractivity contribution in [2.45, 2.75) is 37.2 Å². The summed E-state index contributed by atoms with van der Waals surface area (Å²) in [5.41, 5.74) is 1.05. The van der Waals surface area contributed by atoms with E-state index in [-0.39, 0.29) is 17.5 Å². The molecule has 2 rings (SSSR count). The Morgan fingerprint density at radius 1 is 1.32 bits per heavy atom. The zero-order chi connectivity index (χ0) is 16.0. The van der Waals surface area contributed by atoms with Gasteiger partial charge in [0.1, 0.15) is 4.90 Å². The second-order valence-electron chi connectivity index (χ2n) is 5.10. The van der Waals surface area contributed by atoms with Crippen LogP contribution in [0.5, 0.6) is 0 Å². The summed E-state index contributed by atoms with van der Waals surface area (Å²) in [6, 6.07) is 9.44. The minimum Gasteiger partial charge on any atom is -0.396 e. The third-order valence-corrected chi connectivity index (χ3v) is 4.87. The van der Waals surface area contributed by atoms with Gasteiger partial charge in [0.15, 0.2) is 0 Å². The summed E-state index contributed by atoms with van der Waals surface area (Å²) in [5, 5.41) is 13.1. The number of aliphatic hydroxyl groups excluding tert-OH is 1. The first-order valence-corrected chi connectivity index (χ1v) is 8.73. The van der Waals surface area contributed by atoms with E-state index in [1.807, 2.05) is 37.3 Å². The van der Waals surface area contributed by atoms with Crippen molar-refractivity contribution in [1.29, 1.82) is 0 Å². The smallest absolute Gasteiger partial charge is 0.243 e. The van der Waals surface area contributed by atoms with Crippen molar-refractivity contribution in [2.75, 3.05) is 6.61 Å². The number of aromatic nitrogens is 2. The Hall–Kier alpha value is -1.70. The molecule has 0 aliphatic heterocycles. The number of aliphatic hydroxyl groups is 1. The molecule has 0 saturated carbocycles. The quantitative estimate of drug-likeness (QED) is 0.768. The summed E-state index contributed by atoms with van der Waals surface area (Å²) < 4.78 is 28.8. The lowest BCUT2D eigenvalue weighted by molar-refractivity contribution is 0.270. The van der Waals surface area contributed by atoms with Crippen LogP contribution in [-0.4, -0.2) is 36.0 Å². The first-order chi connectivity index (χ1) is 10.5. The molecule has 0 bridgehead atoms. The van der Waals surface area contributed by atoms with Crippen molar-refractivity contribution < 1.29 is 13.5 Å². The van der Waals surface area contributed by atoms with Crippen molar-refractivity contribution in [3.63, 3.8) is 0 Å². The number of nitrogens with one attached hydrogen (secondary N) is 1. The van der Waals surface area contributed by atoms with Crippen LogP contribution in [0.2, 0.25) is 0 Å². The van der Waals surface area contributed by atoms with Crippen LogP contribution in [0.25, 0.3) is 0 Å². The zero-order valence-electron chi connectivity index (χ0n) is 12.5. The molecule has 22 heavy (non-hydrogen) atoms. The largest absolute Gasteiger partial charge is 0.396 e. The lowest BCUT2D eigenvalue weighted by Crippen LogP contribution is -2.34. The van der Waals surface area contributed by atoms with E-state index in [1.54, 1.807) is 4.68 Å². The van der Waals surface area contributed by atoms with Gasteiger partial charge in [-0.1, -0.05) is 37.3 Å². The van der Waals surface area contributed by atoms with Crippen LogP contribution < -0.4 is 4.72 Å². The number of hydrogen-bond acceptors (Lipinski definition) is 4. The predicted molar refractivity (Wildman–Crippen MR) is 83.9 cm³/mol. The van der Waals surface area contributed by atoms with Crippen molar-refractivity contribution >= 4 is 10.0 Å². The third kappa shape index (κ3) is 4.40. The second-order valence-corrected chi connectivity index (χ2v) is 6.81. The minimum absolute atomic E-state index is 0.0473. The maximum Gasteiger partial charge on any atom is 0.243 e. The van der Waals surface area contributed by atoms with E-state index in [1.165, 1.54) is 12.4 Å². The van der Waals surface area contributed by atoms with Gasteiger partial charge in [0.05, 0.1) is 12.7 Å². The van der Waals surface area contributed by atoms with Gasteiger partial charge in [-0.05, 0) is 18.4 Å². The number of nitrogens with zero attached hydrogens (tertiary/aromatic N) is 2. The normalized spacial score (nSPS) is 13.2. The highest BCUT2D eigenvalue weighted by Gasteiger charge is 2.20. The topological polar surface area (TPSA) is 84.2 Å². The minimum atomic E-state index is -3.61. The average Bonchev–Trinajstić information content (AvgIpc) is 2.97. The van der Waals surface area contributed by atoms with E-state index in [0.717, 1.165) is 5.56 Å². The summed E-state index contributed by atoms with van der Waals surface area (Å²) in [6.07, 6.45) is 3.88. The third-order valence-electron chi connectivity index (χ3n) is 3.40. The van der Waals surface area contributed by atoms with E-state index in [0.29, 0.717) is 19.4 Å². The van der Waals surface area contributed by atoms with Crippen LogP contribution in [0.15, 0.2) is 47.6 Å². The highest BCUT2D eigenvalue weighted by molar-refractivity contribution is 7.89. The fourth-order valence-corrected chi connectivity index (χ4v) is 3.44. The molecular weight excluding hydrogens is 302 g/mol. The van der Waals surface area contributed by atoms with Gasteiger partial charge in [-0.2, -0.15) is 5.10 Å². The lowest BCUT2D eigenvalue weighted by Gasteiger charge is -2.14. The molecule has 1 aromatic heterocycles. The van der Waals surface area contributed by atoms with Gasteiger partial charge in [0, 0.05) is 18.8 Å². The Balaban J connectivity index is 2.09. The van der Waals surface area contributed by atoms with Crippen LogP contribution in [0, 0.1) is 0 Å². The van der Waals surface area contributed by atoms with Crippen LogP contribution in [-0.2, 0) is 16.6 Å². The van der Waals surface area contributed by atoms with E-state index in [2.05, 4.69) is 9.82 Å². The van der Waals surface area contributed by atoms with E-state index >= 15 is 0 Å². The van der Waals surface area contributed by atoms with E-state index < -0.39 is 10.0 Å². The number of rotatable bonds is 8. The summed E-state index contributed by atoms with van der Waals surface area (Å²) in [7, 11) is -3.61. The van der Waals surface area contributed by atoms with E-state index in [4.69, 9.17) is 5.11 Å². The Morgan fingerprint density at radius 3 is 2.68 bits per heavy atom. The van der Waals surface area contributed by atoms with Gasteiger partial charge in [0.25, 0.3) is 0 Å². The molecule has 1 unspecified atom stereocenters.